The molecule has 2 aromatic rings. The molecular weight excluding hydrogens is 364 g/mol. The number of hydrogen-bond acceptors (Lipinski definition) is 8. The fourth-order valence-electron chi connectivity index (χ4n) is 3.67. The number of nitrogens with one attached hydrogen (secondary N) is 1. The number of nitrogens with zero attached hydrogens (tertiary/aromatic N) is 4. The summed E-state index contributed by atoms with van der Waals surface area (Å²) in [5.74, 6) is 5.86. The molecule has 1 fully saturated rings. The van der Waals surface area contributed by atoms with Gasteiger partial charge in [-0.3, -0.25) is 15.1 Å². The summed E-state index contributed by atoms with van der Waals surface area (Å²) in [6.07, 6.45) is 1.66. The van der Waals surface area contributed by atoms with Crippen molar-refractivity contribution in [1.82, 2.24) is 19.8 Å². The van der Waals surface area contributed by atoms with E-state index in [9.17, 15) is 4.79 Å². The van der Waals surface area contributed by atoms with E-state index in [4.69, 9.17) is 10.6 Å². The maximum Gasteiger partial charge on any atom is 0.255 e. The van der Waals surface area contributed by atoms with E-state index in [1.807, 2.05) is 17.0 Å². The van der Waals surface area contributed by atoms with Gasteiger partial charge in [0.05, 0.1) is 34.9 Å². The van der Waals surface area contributed by atoms with Crippen molar-refractivity contribution >= 4 is 23.2 Å². The molecule has 2 aromatic heterocycles. The largest absolute Gasteiger partial charge is 0.379 e. The van der Waals surface area contributed by atoms with Gasteiger partial charge in [0.1, 0.15) is 0 Å². The normalized spacial score (nSPS) is 19.4. The van der Waals surface area contributed by atoms with Crippen molar-refractivity contribution in [3.8, 4) is 10.6 Å². The molecule has 0 spiro atoms. The number of rotatable bonds is 5. The van der Waals surface area contributed by atoms with Gasteiger partial charge in [0, 0.05) is 37.3 Å². The molecule has 0 atom stereocenters. The number of nitrogen functional groups attached to an aromatic ring is 1. The summed E-state index contributed by atoms with van der Waals surface area (Å²) in [7, 11) is 0. The number of carbonyl (C=O) groups excluding carboxylic acids is 1. The summed E-state index contributed by atoms with van der Waals surface area (Å²) in [5.41, 5.74) is 3.68. The summed E-state index contributed by atoms with van der Waals surface area (Å²) in [5, 5.41) is 0. The maximum absolute atomic E-state index is 13.1. The summed E-state index contributed by atoms with van der Waals surface area (Å²) in [6, 6.07) is 3.77. The number of thiophene rings is 1. The Hall–Kier alpha value is -2.07. The number of ether oxygens (including phenoxy) is 1. The van der Waals surface area contributed by atoms with Crippen LogP contribution in [0.1, 0.15) is 29.1 Å². The number of hydrazine groups is 1. The molecular formula is C18H24N6O2S. The monoisotopic (exact) mass is 388 g/mol. The first-order chi connectivity index (χ1) is 13.0. The lowest BCUT2D eigenvalue weighted by atomic mass is 10.0. The van der Waals surface area contributed by atoms with Crippen LogP contribution in [-0.4, -0.2) is 65.1 Å². The van der Waals surface area contributed by atoms with Crippen LogP contribution in [0.5, 0.6) is 0 Å². The number of amides is 1. The van der Waals surface area contributed by atoms with Gasteiger partial charge in [0.15, 0.2) is 0 Å². The zero-order chi connectivity index (χ0) is 19.0. The average molecular weight is 388 g/mol. The molecule has 0 saturated carbocycles. The minimum absolute atomic E-state index is 0.0944. The number of nitrogens with two attached hydrogens (primary N) is 1. The van der Waals surface area contributed by atoms with Crippen LogP contribution in [0.2, 0.25) is 0 Å². The smallest absolute Gasteiger partial charge is 0.255 e. The van der Waals surface area contributed by atoms with E-state index < -0.39 is 0 Å². The van der Waals surface area contributed by atoms with Gasteiger partial charge in [-0.15, -0.1) is 11.3 Å². The van der Waals surface area contributed by atoms with Gasteiger partial charge < -0.3 is 9.64 Å². The van der Waals surface area contributed by atoms with E-state index in [1.54, 1.807) is 17.5 Å². The Morgan fingerprint density at radius 3 is 2.81 bits per heavy atom. The van der Waals surface area contributed by atoms with Gasteiger partial charge in [0.2, 0.25) is 5.95 Å². The molecule has 1 amide bonds. The fourth-order valence-corrected chi connectivity index (χ4v) is 4.90. The zero-order valence-corrected chi connectivity index (χ0v) is 16.4. The van der Waals surface area contributed by atoms with Crippen LogP contribution in [0.3, 0.4) is 0 Å². The highest BCUT2D eigenvalue weighted by Gasteiger charge is 2.44. The Kier molecular flexibility index (Phi) is 4.85. The Bertz CT molecular complexity index is 846. The number of hydrogen-bond donors (Lipinski definition) is 2. The lowest BCUT2D eigenvalue weighted by molar-refractivity contribution is 0.0263. The molecule has 1 saturated heterocycles. The molecule has 4 heterocycles. The summed E-state index contributed by atoms with van der Waals surface area (Å²) < 4.78 is 5.40. The van der Waals surface area contributed by atoms with Crippen LogP contribution in [0.15, 0.2) is 18.3 Å². The topological polar surface area (TPSA) is 96.6 Å². The third-order valence-corrected chi connectivity index (χ3v) is 6.69. The average Bonchev–Trinajstić information content (AvgIpc) is 3.21. The standard InChI is InChI=1S/C18H24N6O2S/c1-18(2)15-12(11-14(27-15)13-3-4-20-17(21-13)22-19)16(25)24(18)6-5-23-7-9-26-10-8-23/h3-4,11H,5-10,19H2,1-2H3,(H,20,21,22). The second kappa shape index (κ2) is 7.16. The van der Waals surface area contributed by atoms with E-state index >= 15 is 0 Å². The number of anilines is 1. The molecule has 0 bridgehead atoms. The van der Waals surface area contributed by atoms with E-state index in [1.165, 1.54) is 0 Å². The predicted octanol–water partition coefficient (Wildman–Crippen LogP) is 1.51. The number of morpholine rings is 1. The van der Waals surface area contributed by atoms with E-state index in [0.717, 1.165) is 60.4 Å². The molecule has 0 aromatic carbocycles. The van der Waals surface area contributed by atoms with Gasteiger partial charge >= 0.3 is 0 Å². The van der Waals surface area contributed by atoms with Crippen LogP contribution >= 0.6 is 11.3 Å². The van der Waals surface area contributed by atoms with Gasteiger partial charge in [-0.2, -0.15) is 0 Å². The van der Waals surface area contributed by atoms with Crippen LogP contribution < -0.4 is 11.3 Å². The second-order valence-electron chi connectivity index (χ2n) is 7.23. The molecule has 9 heteroatoms. The Morgan fingerprint density at radius 1 is 1.33 bits per heavy atom. The maximum atomic E-state index is 13.1. The van der Waals surface area contributed by atoms with Gasteiger partial charge in [-0.05, 0) is 26.0 Å². The summed E-state index contributed by atoms with van der Waals surface area (Å²) in [4.78, 5) is 27.9. The number of aromatic nitrogens is 2. The Balaban J connectivity index is 1.55. The van der Waals surface area contributed by atoms with E-state index in [-0.39, 0.29) is 11.4 Å². The van der Waals surface area contributed by atoms with E-state index in [2.05, 4.69) is 34.1 Å². The summed E-state index contributed by atoms with van der Waals surface area (Å²) in [6.45, 7) is 9.22. The summed E-state index contributed by atoms with van der Waals surface area (Å²) >= 11 is 1.62. The van der Waals surface area contributed by atoms with Crippen LogP contribution in [0.25, 0.3) is 10.6 Å². The minimum Gasteiger partial charge on any atom is -0.379 e. The molecule has 8 nitrogen and oxygen atoms in total. The third kappa shape index (κ3) is 3.31. The first-order valence-corrected chi connectivity index (χ1v) is 9.89. The quantitative estimate of drug-likeness (QED) is 0.592. The van der Waals surface area contributed by atoms with Crippen molar-refractivity contribution in [2.45, 2.75) is 19.4 Å². The SMILES string of the molecule is CC1(C)c2sc(-c3ccnc(NN)n3)cc2C(=O)N1CCN1CCOCC1. The van der Waals surface area contributed by atoms with Crippen molar-refractivity contribution in [1.29, 1.82) is 0 Å². The molecule has 4 rings (SSSR count). The van der Waals surface area contributed by atoms with Gasteiger partial charge in [0.25, 0.3) is 5.91 Å². The van der Waals surface area contributed by atoms with Gasteiger partial charge in [-0.25, -0.2) is 15.8 Å². The Labute approximate surface area is 162 Å². The van der Waals surface area contributed by atoms with Crippen LogP contribution in [-0.2, 0) is 10.3 Å². The highest BCUT2D eigenvalue weighted by Crippen LogP contribution is 2.45. The van der Waals surface area contributed by atoms with Crippen molar-refractivity contribution in [3.63, 3.8) is 0 Å². The van der Waals surface area contributed by atoms with Crippen molar-refractivity contribution in [2.75, 3.05) is 44.8 Å². The molecule has 3 N–H and O–H groups in total. The minimum atomic E-state index is -0.330. The lowest BCUT2D eigenvalue weighted by Gasteiger charge is -2.35. The molecule has 0 aliphatic carbocycles. The van der Waals surface area contributed by atoms with Crippen LogP contribution in [0, 0.1) is 0 Å². The number of fused-ring (bicyclic) bond motifs is 1. The predicted molar refractivity (Wildman–Crippen MR) is 104 cm³/mol. The molecule has 27 heavy (non-hydrogen) atoms. The molecule has 144 valence electrons. The first kappa shape index (κ1) is 18.3. The molecule has 2 aliphatic rings. The third-order valence-electron chi connectivity index (χ3n) is 5.22. The van der Waals surface area contributed by atoms with Crippen LogP contribution in [0.4, 0.5) is 5.95 Å². The van der Waals surface area contributed by atoms with E-state index in [0.29, 0.717) is 5.95 Å². The van der Waals surface area contributed by atoms with Crippen molar-refractivity contribution in [3.05, 3.63) is 28.8 Å². The van der Waals surface area contributed by atoms with Crippen molar-refractivity contribution < 1.29 is 9.53 Å². The zero-order valence-electron chi connectivity index (χ0n) is 15.6. The molecule has 0 unspecified atom stereocenters. The number of carbonyl (C=O) groups is 1. The highest BCUT2D eigenvalue weighted by molar-refractivity contribution is 7.16. The highest BCUT2D eigenvalue weighted by atomic mass is 32.1. The van der Waals surface area contributed by atoms with Crippen molar-refractivity contribution in [2.24, 2.45) is 5.84 Å². The first-order valence-electron chi connectivity index (χ1n) is 9.07. The fraction of sp³-hybridized carbons (Fsp3) is 0.500. The van der Waals surface area contributed by atoms with Gasteiger partial charge in [-0.1, -0.05) is 0 Å². The molecule has 2 aliphatic heterocycles. The molecule has 0 radical (unpaired) electrons. The lowest BCUT2D eigenvalue weighted by Crippen LogP contribution is -2.46. The second-order valence-corrected chi connectivity index (χ2v) is 8.29. The Morgan fingerprint density at radius 2 is 2.11 bits per heavy atom.